The molecule has 0 bridgehead atoms. The number of H-pyrrole nitrogens is 1. The molecule has 0 fully saturated rings. The Kier molecular flexibility index (Phi) is 6.01. The monoisotopic (exact) mass is 430 g/mol. The molecule has 9 nitrogen and oxygen atoms in total. The van der Waals surface area contributed by atoms with E-state index < -0.39 is 35.2 Å². The van der Waals surface area contributed by atoms with Crippen molar-refractivity contribution in [3.05, 3.63) is 46.9 Å². The van der Waals surface area contributed by atoms with Crippen LogP contribution in [0.1, 0.15) is 55.7 Å². The maximum absolute atomic E-state index is 13.1. The second kappa shape index (κ2) is 8.37. The third-order valence-corrected chi connectivity index (χ3v) is 5.85. The zero-order chi connectivity index (χ0) is 22.9. The first-order valence-corrected chi connectivity index (χ1v) is 10.1. The Balaban J connectivity index is 1.79. The second-order valence-electron chi connectivity index (χ2n) is 8.25. The molecule has 166 valence electrons. The second-order valence-corrected chi connectivity index (χ2v) is 8.25. The standard InChI is InChI=1S/C21H27FN6O3/c1-5-11(2)15(17(23)29)24-20(31)28-10-14-16(21(28,3)4)26-27-18(14)25-19(30)12-6-8-13(22)9-7-12/h6-9,11,15H,5,10H2,1-4H3,(H2,23,29)(H,24,31)(H2,25,26,27,30)/t11-,15-/m0/s1. The molecule has 0 saturated heterocycles. The van der Waals surface area contributed by atoms with Crippen molar-refractivity contribution in [2.24, 2.45) is 11.7 Å². The largest absolute Gasteiger partial charge is 0.368 e. The molecule has 1 aromatic carbocycles. The number of carbonyl (C=O) groups is 3. The summed E-state index contributed by atoms with van der Waals surface area (Å²) < 4.78 is 13.1. The van der Waals surface area contributed by atoms with Crippen LogP contribution < -0.4 is 16.4 Å². The van der Waals surface area contributed by atoms with E-state index in [9.17, 15) is 18.8 Å². The van der Waals surface area contributed by atoms with Gasteiger partial charge in [-0.3, -0.25) is 14.7 Å². The van der Waals surface area contributed by atoms with Gasteiger partial charge in [0.25, 0.3) is 5.91 Å². The number of aromatic nitrogens is 2. The van der Waals surface area contributed by atoms with Crippen LogP contribution in [-0.2, 0) is 16.9 Å². The Morgan fingerprint density at radius 3 is 2.52 bits per heavy atom. The lowest BCUT2D eigenvalue weighted by molar-refractivity contribution is -0.121. The summed E-state index contributed by atoms with van der Waals surface area (Å²) in [6.07, 6.45) is 0.680. The van der Waals surface area contributed by atoms with Crippen molar-refractivity contribution < 1.29 is 18.8 Å². The van der Waals surface area contributed by atoms with E-state index in [1.54, 1.807) is 4.90 Å². The first kappa shape index (κ1) is 22.3. The first-order chi connectivity index (χ1) is 14.6. The van der Waals surface area contributed by atoms with Crippen molar-refractivity contribution in [3.63, 3.8) is 0 Å². The van der Waals surface area contributed by atoms with Gasteiger partial charge in [-0.15, -0.1) is 0 Å². The molecule has 4 amide bonds. The molecule has 0 unspecified atom stereocenters. The molecule has 10 heteroatoms. The van der Waals surface area contributed by atoms with Gasteiger partial charge in [-0.05, 0) is 44.0 Å². The maximum Gasteiger partial charge on any atom is 0.319 e. The number of primary amides is 1. The lowest BCUT2D eigenvalue weighted by Crippen LogP contribution is -2.54. The third-order valence-electron chi connectivity index (χ3n) is 5.85. The van der Waals surface area contributed by atoms with Crippen molar-refractivity contribution in [3.8, 4) is 0 Å². The highest BCUT2D eigenvalue weighted by molar-refractivity contribution is 6.04. The Bertz CT molecular complexity index is 1000. The SMILES string of the molecule is CC[C@H](C)[C@H](NC(=O)N1Cc2c(NC(=O)c3ccc(F)cc3)n[nH]c2C1(C)C)C(N)=O. The molecule has 31 heavy (non-hydrogen) atoms. The predicted octanol–water partition coefficient (Wildman–Crippen LogP) is 2.46. The fourth-order valence-electron chi connectivity index (χ4n) is 3.67. The number of nitrogens with one attached hydrogen (secondary N) is 3. The van der Waals surface area contributed by atoms with Gasteiger partial charge in [-0.25, -0.2) is 9.18 Å². The summed E-state index contributed by atoms with van der Waals surface area (Å²) in [7, 11) is 0. The van der Waals surface area contributed by atoms with Crippen molar-refractivity contribution in [2.45, 2.75) is 52.2 Å². The van der Waals surface area contributed by atoms with Gasteiger partial charge in [-0.2, -0.15) is 5.10 Å². The predicted molar refractivity (Wildman–Crippen MR) is 112 cm³/mol. The van der Waals surface area contributed by atoms with Crippen molar-refractivity contribution >= 4 is 23.7 Å². The summed E-state index contributed by atoms with van der Waals surface area (Å²) in [5.74, 6) is -1.29. The maximum atomic E-state index is 13.1. The molecule has 5 N–H and O–H groups in total. The smallest absolute Gasteiger partial charge is 0.319 e. The number of carbonyl (C=O) groups excluding carboxylic acids is 3. The average Bonchev–Trinajstić information content (AvgIpc) is 3.23. The molecular weight excluding hydrogens is 403 g/mol. The Labute approximate surface area is 179 Å². The third kappa shape index (κ3) is 4.23. The van der Waals surface area contributed by atoms with Gasteiger partial charge in [0, 0.05) is 11.1 Å². The fraction of sp³-hybridized carbons (Fsp3) is 0.429. The molecule has 0 saturated carbocycles. The van der Waals surface area contributed by atoms with E-state index in [0.29, 0.717) is 23.5 Å². The van der Waals surface area contributed by atoms with Gasteiger partial charge in [0.05, 0.1) is 17.8 Å². The minimum atomic E-state index is -0.789. The summed E-state index contributed by atoms with van der Waals surface area (Å²) in [5.41, 5.74) is 6.33. The number of hydrogen-bond acceptors (Lipinski definition) is 4. The summed E-state index contributed by atoms with van der Waals surface area (Å²) in [6, 6.07) is 3.93. The highest BCUT2D eigenvalue weighted by Gasteiger charge is 2.44. The molecule has 1 aliphatic rings. The van der Waals surface area contributed by atoms with E-state index in [1.165, 1.54) is 24.3 Å². The van der Waals surface area contributed by atoms with E-state index in [4.69, 9.17) is 5.73 Å². The van der Waals surface area contributed by atoms with Crippen LogP contribution in [0.3, 0.4) is 0 Å². The van der Waals surface area contributed by atoms with Crippen LogP contribution in [-0.4, -0.2) is 39.0 Å². The van der Waals surface area contributed by atoms with Crippen LogP contribution in [0.15, 0.2) is 24.3 Å². The first-order valence-electron chi connectivity index (χ1n) is 10.1. The minimum Gasteiger partial charge on any atom is -0.368 e. The van der Waals surface area contributed by atoms with Crippen molar-refractivity contribution in [1.82, 2.24) is 20.4 Å². The zero-order valence-electron chi connectivity index (χ0n) is 18.0. The number of hydrogen-bond donors (Lipinski definition) is 4. The minimum absolute atomic E-state index is 0.114. The van der Waals surface area contributed by atoms with E-state index in [0.717, 1.165) is 0 Å². The van der Waals surface area contributed by atoms with Gasteiger partial charge in [0.1, 0.15) is 11.9 Å². The Hall–Kier alpha value is -3.43. The lowest BCUT2D eigenvalue weighted by atomic mass is 9.98. The molecule has 2 atom stereocenters. The van der Waals surface area contributed by atoms with E-state index in [1.807, 2.05) is 27.7 Å². The van der Waals surface area contributed by atoms with Gasteiger partial charge < -0.3 is 21.3 Å². The Morgan fingerprint density at radius 2 is 1.94 bits per heavy atom. The number of aromatic amines is 1. The van der Waals surface area contributed by atoms with Crippen molar-refractivity contribution in [2.75, 3.05) is 5.32 Å². The molecule has 2 heterocycles. The molecule has 1 aliphatic heterocycles. The number of amides is 4. The summed E-state index contributed by atoms with van der Waals surface area (Å²) in [4.78, 5) is 38.9. The van der Waals surface area contributed by atoms with Gasteiger partial charge in [0.15, 0.2) is 5.82 Å². The number of nitrogens with two attached hydrogens (primary N) is 1. The molecular formula is C21H27FN6O3. The van der Waals surface area contributed by atoms with E-state index >= 15 is 0 Å². The molecule has 0 radical (unpaired) electrons. The topological polar surface area (TPSA) is 133 Å². The van der Waals surface area contributed by atoms with Gasteiger partial charge >= 0.3 is 6.03 Å². The number of halogens is 1. The number of nitrogens with zero attached hydrogens (tertiary/aromatic N) is 2. The molecule has 3 rings (SSSR count). The number of rotatable bonds is 6. The molecule has 2 aromatic rings. The fourth-order valence-corrected chi connectivity index (χ4v) is 3.67. The van der Waals surface area contributed by atoms with Gasteiger partial charge in [0.2, 0.25) is 5.91 Å². The Morgan fingerprint density at radius 1 is 1.29 bits per heavy atom. The van der Waals surface area contributed by atoms with E-state index in [-0.39, 0.29) is 18.0 Å². The van der Waals surface area contributed by atoms with Gasteiger partial charge in [-0.1, -0.05) is 20.3 Å². The zero-order valence-corrected chi connectivity index (χ0v) is 18.0. The summed E-state index contributed by atoms with van der Waals surface area (Å²) in [5, 5.41) is 12.5. The molecule has 0 spiro atoms. The van der Waals surface area contributed by atoms with Crippen LogP contribution >= 0.6 is 0 Å². The number of fused-ring (bicyclic) bond motifs is 1. The molecule has 1 aromatic heterocycles. The van der Waals surface area contributed by atoms with E-state index in [2.05, 4.69) is 20.8 Å². The van der Waals surface area contributed by atoms with Crippen molar-refractivity contribution in [1.29, 1.82) is 0 Å². The highest BCUT2D eigenvalue weighted by Crippen LogP contribution is 2.40. The van der Waals surface area contributed by atoms with Crippen LogP contribution in [0.5, 0.6) is 0 Å². The van der Waals surface area contributed by atoms with Crippen LogP contribution in [0, 0.1) is 11.7 Å². The normalized spacial score (nSPS) is 16.4. The van der Waals surface area contributed by atoms with Crippen LogP contribution in [0.4, 0.5) is 15.0 Å². The number of benzene rings is 1. The quantitative estimate of drug-likeness (QED) is 0.560. The number of urea groups is 1. The summed E-state index contributed by atoms with van der Waals surface area (Å²) >= 11 is 0. The van der Waals surface area contributed by atoms with Crippen LogP contribution in [0.2, 0.25) is 0 Å². The van der Waals surface area contributed by atoms with Crippen LogP contribution in [0.25, 0.3) is 0 Å². The summed E-state index contributed by atoms with van der Waals surface area (Å²) in [6.45, 7) is 7.62. The highest BCUT2D eigenvalue weighted by atomic mass is 19.1. The average molecular weight is 430 g/mol. The number of anilines is 1. The molecule has 0 aliphatic carbocycles. The lowest BCUT2D eigenvalue weighted by Gasteiger charge is -2.33.